The van der Waals surface area contributed by atoms with Gasteiger partial charge in [-0.25, -0.2) is 4.79 Å². The van der Waals surface area contributed by atoms with Gasteiger partial charge in [-0.2, -0.15) is 0 Å². The molecule has 110 valence electrons. The molecule has 2 rings (SSSR count). The van der Waals surface area contributed by atoms with Gasteiger partial charge in [0.1, 0.15) is 0 Å². The third-order valence-electron chi connectivity index (χ3n) is 2.67. The summed E-state index contributed by atoms with van der Waals surface area (Å²) >= 11 is 0. The molecule has 0 spiro atoms. The van der Waals surface area contributed by atoms with Crippen LogP contribution in [0.4, 0.5) is 10.5 Å². The van der Waals surface area contributed by atoms with Crippen molar-refractivity contribution in [2.75, 3.05) is 19.0 Å². The van der Waals surface area contributed by atoms with Gasteiger partial charge in [-0.15, -0.1) is 0 Å². The number of anilines is 1. The van der Waals surface area contributed by atoms with Crippen LogP contribution in [0.3, 0.4) is 0 Å². The highest BCUT2D eigenvalue weighted by Gasteiger charge is 2.13. The van der Waals surface area contributed by atoms with Gasteiger partial charge in [-0.1, -0.05) is 42.5 Å². The zero-order chi connectivity index (χ0) is 15.8. The SMILES string of the molecule is CN(C)c1ccccc1C(=O)c1ccccc1.NC(N)=O. The molecule has 0 saturated carbocycles. The number of urea groups is 1. The van der Waals surface area contributed by atoms with Crippen LogP contribution in [0.1, 0.15) is 15.9 Å². The lowest BCUT2D eigenvalue weighted by molar-refractivity contribution is 0.103. The Morgan fingerprint density at radius 1 is 0.857 bits per heavy atom. The number of carbonyl (C=O) groups is 2. The molecule has 0 radical (unpaired) electrons. The number of benzene rings is 2. The average molecular weight is 285 g/mol. The summed E-state index contributed by atoms with van der Waals surface area (Å²) in [6, 6.07) is 16.2. The number of hydrogen-bond acceptors (Lipinski definition) is 3. The fourth-order valence-electron chi connectivity index (χ4n) is 1.80. The van der Waals surface area contributed by atoms with E-state index in [1.165, 1.54) is 0 Å². The number of ketones is 1. The largest absolute Gasteiger partial charge is 0.377 e. The van der Waals surface area contributed by atoms with E-state index in [9.17, 15) is 4.79 Å². The van der Waals surface area contributed by atoms with Crippen LogP contribution in [0, 0.1) is 0 Å². The van der Waals surface area contributed by atoms with E-state index < -0.39 is 6.03 Å². The number of primary amides is 2. The van der Waals surface area contributed by atoms with Gasteiger partial charge in [0.25, 0.3) is 0 Å². The molecule has 0 atom stereocenters. The molecule has 5 nitrogen and oxygen atoms in total. The molecule has 0 bridgehead atoms. The summed E-state index contributed by atoms with van der Waals surface area (Å²) in [5.41, 5.74) is 10.9. The number of rotatable bonds is 3. The van der Waals surface area contributed by atoms with Crippen LogP contribution in [0.15, 0.2) is 54.6 Å². The highest BCUT2D eigenvalue weighted by molar-refractivity contribution is 6.12. The van der Waals surface area contributed by atoms with Crippen LogP contribution in [-0.4, -0.2) is 25.9 Å². The molecule has 0 unspecified atom stereocenters. The summed E-state index contributed by atoms with van der Waals surface area (Å²) in [5.74, 6) is 0.0647. The van der Waals surface area contributed by atoms with Crippen molar-refractivity contribution >= 4 is 17.5 Å². The summed E-state index contributed by atoms with van der Waals surface area (Å²) < 4.78 is 0. The predicted octanol–water partition coefficient (Wildman–Crippen LogP) is 2.01. The standard InChI is InChI=1S/C15H15NO.CH4N2O/c1-16(2)14-11-7-6-10-13(14)15(17)12-8-4-3-5-9-12;2-1(3)4/h3-11H,1-2H3;(H4,2,3,4). The first-order valence-electron chi connectivity index (χ1n) is 6.34. The third-order valence-corrected chi connectivity index (χ3v) is 2.67. The first-order chi connectivity index (χ1) is 9.93. The average Bonchev–Trinajstić information content (AvgIpc) is 2.47. The van der Waals surface area contributed by atoms with Crippen LogP contribution in [0.2, 0.25) is 0 Å². The highest BCUT2D eigenvalue weighted by Crippen LogP contribution is 2.21. The Morgan fingerprint density at radius 3 is 1.86 bits per heavy atom. The van der Waals surface area contributed by atoms with Crippen molar-refractivity contribution in [3.63, 3.8) is 0 Å². The summed E-state index contributed by atoms with van der Waals surface area (Å²) in [4.78, 5) is 23.3. The maximum absolute atomic E-state index is 12.3. The summed E-state index contributed by atoms with van der Waals surface area (Å²) in [5, 5.41) is 0. The van der Waals surface area contributed by atoms with Crippen LogP contribution >= 0.6 is 0 Å². The summed E-state index contributed by atoms with van der Waals surface area (Å²) in [6.45, 7) is 0. The van der Waals surface area contributed by atoms with Gasteiger partial charge in [0.2, 0.25) is 0 Å². The van der Waals surface area contributed by atoms with E-state index in [-0.39, 0.29) is 5.78 Å². The first-order valence-corrected chi connectivity index (χ1v) is 6.34. The van der Waals surface area contributed by atoms with E-state index in [1.807, 2.05) is 73.6 Å². The Hall–Kier alpha value is -2.82. The first kappa shape index (κ1) is 16.2. The van der Waals surface area contributed by atoms with Gasteiger partial charge in [0.15, 0.2) is 5.78 Å². The van der Waals surface area contributed by atoms with E-state index >= 15 is 0 Å². The lowest BCUT2D eigenvalue weighted by atomic mass is 10.0. The van der Waals surface area contributed by atoms with E-state index in [1.54, 1.807) is 0 Å². The molecule has 2 aromatic rings. The van der Waals surface area contributed by atoms with Crippen LogP contribution in [0.25, 0.3) is 0 Å². The Morgan fingerprint density at radius 2 is 1.33 bits per heavy atom. The second kappa shape index (κ2) is 7.69. The Kier molecular flexibility index (Phi) is 5.95. The van der Waals surface area contributed by atoms with Gasteiger partial charge in [0, 0.05) is 30.9 Å². The molecule has 4 N–H and O–H groups in total. The van der Waals surface area contributed by atoms with Crippen molar-refractivity contribution in [2.24, 2.45) is 11.5 Å². The number of hydrogen-bond donors (Lipinski definition) is 2. The molecule has 0 aliphatic carbocycles. The number of nitrogens with two attached hydrogens (primary N) is 2. The molecule has 2 aromatic carbocycles. The minimum Gasteiger partial charge on any atom is -0.377 e. The van der Waals surface area contributed by atoms with E-state index in [0.717, 1.165) is 16.8 Å². The van der Waals surface area contributed by atoms with Crippen molar-refractivity contribution in [1.82, 2.24) is 0 Å². The fraction of sp³-hybridized carbons (Fsp3) is 0.125. The molecule has 21 heavy (non-hydrogen) atoms. The number of amides is 2. The summed E-state index contributed by atoms with van der Waals surface area (Å²) in [7, 11) is 3.88. The molecule has 0 heterocycles. The lowest BCUT2D eigenvalue weighted by Gasteiger charge is -2.16. The zero-order valence-electron chi connectivity index (χ0n) is 12.1. The van der Waals surface area contributed by atoms with Crippen molar-refractivity contribution in [3.05, 3.63) is 65.7 Å². The van der Waals surface area contributed by atoms with Gasteiger partial charge in [0.05, 0.1) is 0 Å². The molecule has 0 aliphatic rings. The minimum atomic E-state index is -0.833. The molecule has 0 saturated heterocycles. The number of nitrogens with zero attached hydrogens (tertiary/aromatic N) is 1. The van der Waals surface area contributed by atoms with E-state index in [0.29, 0.717) is 0 Å². The lowest BCUT2D eigenvalue weighted by Crippen LogP contribution is -2.18. The minimum absolute atomic E-state index is 0.0647. The molecule has 0 aromatic heterocycles. The van der Waals surface area contributed by atoms with Crippen LogP contribution < -0.4 is 16.4 Å². The monoisotopic (exact) mass is 285 g/mol. The molecule has 0 aliphatic heterocycles. The van der Waals surface area contributed by atoms with Crippen molar-refractivity contribution in [3.8, 4) is 0 Å². The molecule has 0 fully saturated rings. The highest BCUT2D eigenvalue weighted by atomic mass is 16.2. The maximum Gasteiger partial charge on any atom is 0.309 e. The van der Waals surface area contributed by atoms with Crippen molar-refractivity contribution in [2.45, 2.75) is 0 Å². The van der Waals surface area contributed by atoms with Crippen molar-refractivity contribution in [1.29, 1.82) is 0 Å². The zero-order valence-corrected chi connectivity index (χ0v) is 12.1. The topological polar surface area (TPSA) is 89.4 Å². The second-order valence-corrected chi connectivity index (χ2v) is 4.51. The summed E-state index contributed by atoms with van der Waals surface area (Å²) in [6.07, 6.45) is 0. The maximum atomic E-state index is 12.3. The smallest absolute Gasteiger partial charge is 0.309 e. The number of carbonyl (C=O) groups excluding carboxylic acids is 2. The molecule has 5 heteroatoms. The Balaban J connectivity index is 0.000000491. The Labute approximate surface area is 124 Å². The molecular formula is C16H19N3O2. The van der Waals surface area contributed by atoms with Gasteiger partial charge < -0.3 is 16.4 Å². The van der Waals surface area contributed by atoms with Gasteiger partial charge in [-0.3, -0.25) is 4.79 Å². The quantitative estimate of drug-likeness (QED) is 0.845. The number of para-hydroxylation sites is 1. The Bertz CT molecular complexity index is 606. The van der Waals surface area contributed by atoms with E-state index in [2.05, 4.69) is 11.5 Å². The third kappa shape index (κ3) is 4.99. The van der Waals surface area contributed by atoms with Crippen LogP contribution in [-0.2, 0) is 0 Å². The normalized spacial score (nSPS) is 9.24. The van der Waals surface area contributed by atoms with Crippen molar-refractivity contribution < 1.29 is 9.59 Å². The van der Waals surface area contributed by atoms with Crippen LogP contribution in [0.5, 0.6) is 0 Å². The van der Waals surface area contributed by atoms with Gasteiger partial charge in [-0.05, 0) is 12.1 Å². The predicted molar refractivity (Wildman–Crippen MR) is 84.4 cm³/mol. The van der Waals surface area contributed by atoms with Gasteiger partial charge >= 0.3 is 6.03 Å². The molecule has 2 amide bonds. The fourth-order valence-corrected chi connectivity index (χ4v) is 1.80. The molecular weight excluding hydrogens is 266 g/mol. The second-order valence-electron chi connectivity index (χ2n) is 4.51. The van der Waals surface area contributed by atoms with E-state index in [4.69, 9.17) is 4.79 Å².